The lowest BCUT2D eigenvalue weighted by atomic mass is 9.95. The third-order valence-electron chi connectivity index (χ3n) is 4.95. The van der Waals surface area contributed by atoms with Crippen molar-refractivity contribution in [2.45, 2.75) is 51.0 Å². The smallest absolute Gasteiger partial charge is 0.251 e. The molecular formula is C22H25ClN2O2. The molecule has 0 bridgehead atoms. The first-order valence-corrected chi connectivity index (χ1v) is 9.94. The van der Waals surface area contributed by atoms with E-state index in [1.54, 1.807) is 24.3 Å². The first-order valence-electron chi connectivity index (χ1n) is 9.56. The molecule has 1 aliphatic rings. The summed E-state index contributed by atoms with van der Waals surface area (Å²) in [5.41, 5.74) is 2.27. The summed E-state index contributed by atoms with van der Waals surface area (Å²) >= 11 is 6.12. The van der Waals surface area contributed by atoms with Crippen LogP contribution >= 0.6 is 11.6 Å². The predicted molar refractivity (Wildman–Crippen MR) is 109 cm³/mol. The molecule has 27 heavy (non-hydrogen) atoms. The van der Waals surface area contributed by atoms with Gasteiger partial charge in [0.2, 0.25) is 5.91 Å². The molecule has 0 heterocycles. The molecule has 0 saturated heterocycles. The summed E-state index contributed by atoms with van der Waals surface area (Å²) < 4.78 is 0. The number of rotatable bonds is 6. The minimum absolute atomic E-state index is 0.0431. The van der Waals surface area contributed by atoms with Crippen molar-refractivity contribution in [2.24, 2.45) is 0 Å². The van der Waals surface area contributed by atoms with Gasteiger partial charge in [-0.3, -0.25) is 9.59 Å². The molecule has 1 aliphatic carbocycles. The Kier molecular flexibility index (Phi) is 6.88. The van der Waals surface area contributed by atoms with E-state index in [1.807, 2.05) is 24.3 Å². The quantitative estimate of drug-likeness (QED) is 0.738. The van der Waals surface area contributed by atoms with Crippen molar-refractivity contribution in [3.8, 4) is 0 Å². The van der Waals surface area contributed by atoms with Crippen molar-refractivity contribution >= 4 is 29.1 Å². The average Bonchev–Trinajstić information content (AvgIpc) is 2.69. The standard InChI is InChI=1S/C22H25ClN2O2/c23-20-9-5-4-6-16(20)12-15-21(26)24-19-13-10-17(11-14-19)22(27)25-18-7-2-1-3-8-18/h4-6,9-11,13-14,18H,1-3,7-8,12,15H2,(H,24,26)(H,25,27). The number of anilines is 1. The molecule has 2 aromatic carbocycles. The summed E-state index contributed by atoms with van der Waals surface area (Å²) in [6, 6.07) is 14.9. The highest BCUT2D eigenvalue weighted by Crippen LogP contribution is 2.19. The van der Waals surface area contributed by atoms with Gasteiger partial charge in [-0.1, -0.05) is 49.1 Å². The third kappa shape index (κ3) is 5.83. The van der Waals surface area contributed by atoms with Crippen LogP contribution in [-0.4, -0.2) is 17.9 Å². The Labute approximate surface area is 165 Å². The van der Waals surface area contributed by atoms with Gasteiger partial charge in [-0.25, -0.2) is 0 Å². The van der Waals surface area contributed by atoms with E-state index in [2.05, 4.69) is 10.6 Å². The predicted octanol–water partition coefficient (Wildman–Crippen LogP) is 4.97. The van der Waals surface area contributed by atoms with Gasteiger partial charge >= 0.3 is 0 Å². The maximum absolute atomic E-state index is 12.3. The molecule has 0 spiro atoms. The first-order chi connectivity index (χ1) is 13.1. The molecule has 2 N–H and O–H groups in total. The van der Waals surface area contributed by atoms with E-state index in [1.165, 1.54) is 19.3 Å². The summed E-state index contributed by atoms with van der Waals surface area (Å²) in [6.07, 6.45) is 6.70. The highest BCUT2D eigenvalue weighted by Gasteiger charge is 2.16. The van der Waals surface area contributed by atoms with E-state index < -0.39 is 0 Å². The van der Waals surface area contributed by atoms with Crippen LogP contribution in [0.3, 0.4) is 0 Å². The Morgan fingerprint density at radius 2 is 1.67 bits per heavy atom. The van der Waals surface area contributed by atoms with Gasteiger partial charge in [-0.05, 0) is 55.2 Å². The molecule has 0 atom stereocenters. The van der Waals surface area contributed by atoms with E-state index in [4.69, 9.17) is 11.6 Å². The highest BCUT2D eigenvalue weighted by atomic mass is 35.5. The Balaban J connectivity index is 1.48. The summed E-state index contributed by atoms with van der Waals surface area (Å²) in [5, 5.41) is 6.65. The lowest BCUT2D eigenvalue weighted by molar-refractivity contribution is -0.116. The minimum Gasteiger partial charge on any atom is -0.349 e. The monoisotopic (exact) mass is 384 g/mol. The Bertz CT molecular complexity index is 783. The maximum Gasteiger partial charge on any atom is 0.251 e. The molecule has 0 radical (unpaired) electrons. The molecule has 5 heteroatoms. The highest BCUT2D eigenvalue weighted by molar-refractivity contribution is 6.31. The Morgan fingerprint density at radius 3 is 2.37 bits per heavy atom. The molecule has 0 unspecified atom stereocenters. The third-order valence-corrected chi connectivity index (χ3v) is 5.32. The van der Waals surface area contributed by atoms with Crippen LogP contribution in [0.2, 0.25) is 5.02 Å². The number of aryl methyl sites for hydroxylation is 1. The second kappa shape index (κ2) is 9.56. The van der Waals surface area contributed by atoms with E-state index in [0.29, 0.717) is 29.1 Å². The molecule has 2 amide bonds. The molecule has 2 aromatic rings. The van der Waals surface area contributed by atoms with Crippen molar-refractivity contribution in [2.75, 3.05) is 5.32 Å². The van der Waals surface area contributed by atoms with Gasteiger partial charge in [0.05, 0.1) is 0 Å². The van der Waals surface area contributed by atoms with E-state index in [9.17, 15) is 9.59 Å². The Hall–Kier alpha value is -2.33. The lowest BCUT2D eigenvalue weighted by Gasteiger charge is -2.22. The number of benzene rings is 2. The zero-order valence-electron chi connectivity index (χ0n) is 15.3. The SMILES string of the molecule is O=C(CCc1ccccc1Cl)Nc1ccc(C(=O)NC2CCCCC2)cc1. The fraction of sp³-hybridized carbons (Fsp3) is 0.364. The molecule has 0 aromatic heterocycles. The summed E-state index contributed by atoms with van der Waals surface area (Å²) in [5.74, 6) is -0.118. The molecule has 3 rings (SSSR count). The van der Waals surface area contributed by atoms with Crippen LogP contribution in [0.25, 0.3) is 0 Å². The molecule has 0 aliphatic heterocycles. The number of amides is 2. The summed E-state index contributed by atoms with van der Waals surface area (Å²) in [4.78, 5) is 24.5. The van der Waals surface area contributed by atoms with Gasteiger partial charge in [0.1, 0.15) is 0 Å². The van der Waals surface area contributed by atoms with Gasteiger partial charge in [0.15, 0.2) is 0 Å². The van der Waals surface area contributed by atoms with Gasteiger partial charge in [-0.2, -0.15) is 0 Å². The lowest BCUT2D eigenvalue weighted by Crippen LogP contribution is -2.36. The number of nitrogens with one attached hydrogen (secondary N) is 2. The number of halogens is 1. The van der Waals surface area contributed by atoms with Crippen LogP contribution in [0.4, 0.5) is 5.69 Å². The van der Waals surface area contributed by atoms with E-state index >= 15 is 0 Å². The largest absolute Gasteiger partial charge is 0.349 e. The van der Waals surface area contributed by atoms with Crippen LogP contribution in [-0.2, 0) is 11.2 Å². The van der Waals surface area contributed by atoms with E-state index in [0.717, 1.165) is 18.4 Å². The van der Waals surface area contributed by atoms with Gasteiger partial charge < -0.3 is 10.6 Å². The summed E-state index contributed by atoms with van der Waals surface area (Å²) in [6.45, 7) is 0. The second-order valence-electron chi connectivity index (χ2n) is 7.03. The minimum atomic E-state index is -0.0747. The summed E-state index contributed by atoms with van der Waals surface area (Å²) in [7, 11) is 0. The number of carbonyl (C=O) groups excluding carboxylic acids is 2. The topological polar surface area (TPSA) is 58.2 Å². The fourth-order valence-electron chi connectivity index (χ4n) is 3.39. The first kappa shape index (κ1) is 19.4. The van der Waals surface area contributed by atoms with Crippen molar-refractivity contribution < 1.29 is 9.59 Å². The van der Waals surface area contributed by atoms with Gasteiger partial charge in [0, 0.05) is 28.7 Å². The maximum atomic E-state index is 12.3. The van der Waals surface area contributed by atoms with Crippen molar-refractivity contribution in [3.05, 3.63) is 64.7 Å². The Morgan fingerprint density at radius 1 is 0.963 bits per heavy atom. The van der Waals surface area contributed by atoms with Gasteiger partial charge in [-0.15, -0.1) is 0 Å². The molecule has 1 saturated carbocycles. The second-order valence-corrected chi connectivity index (χ2v) is 7.43. The van der Waals surface area contributed by atoms with Crippen LogP contribution in [0, 0.1) is 0 Å². The van der Waals surface area contributed by atoms with Crippen molar-refractivity contribution in [1.82, 2.24) is 5.32 Å². The average molecular weight is 385 g/mol. The van der Waals surface area contributed by atoms with Crippen molar-refractivity contribution in [1.29, 1.82) is 0 Å². The van der Waals surface area contributed by atoms with Crippen LogP contribution < -0.4 is 10.6 Å². The zero-order chi connectivity index (χ0) is 19.1. The number of hydrogen-bond acceptors (Lipinski definition) is 2. The van der Waals surface area contributed by atoms with Crippen molar-refractivity contribution in [3.63, 3.8) is 0 Å². The number of carbonyl (C=O) groups is 2. The van der Waals surface area contributed by atoms with Crippen LogP contribution in [0.1, 0.15) is 54.4 Å². The number of hydrogen-bond donors (Lipinski definition) is 2. The normalized spacial score (nSPS) is 14.6. The van der Waals surface area contributed by atoms with Crippen LogP contribution in [0.15, 0.2) is 48.5 Å². The molecular weight excluding hydrogens is 360 g/mol. The molecule has 4 nitrogen and oxygen atoms in total. The zero-order valence-corrected chi connectivity index (χ0v) is 16.1. The van der Waals surface area contributed by atoms with Crippen LogP contribution in [0.5, 0.6) is 0 Å². The molecule has 1 fully saturated rings. The van der Waals surface area contributed by atoms with Gasteiger partial charge in [0.25, 0.3) is 5.91 Å². The van der Waals surface area contributed by atoms with E-state index in [-0.39, 0.29) is 17.9 Å². The molecule has 142 valence electrons. The fourth-order valence-corrected chi connectivity index (χ4v) is 3.62.